The van der Waals surface area contributed by atoms with Gasteiger partial charge in [-0.1, -0.05) is 18.2 Å². The fourth-order valence-electron chi connectivity index (χ4n) is 3.84. The van der Waals surface area contributed by atoms with Crippen LogP contribution in [0.15, 0.2) is 42.7 Å². The lowest BCUT2D eigenvalue weighted by Gasteiger charge is -2.16. The Bertz CT molecular complexity index is 1240. The van der Waals surface area contributed by atoms with Crippen LogP contribution < -0.4 is 5.32 Å². The van der Waals surface area contributed by atoms with Gasteiger partial charge in [-0.2, -0.15) is 10.2 Å². The molecule has 0 saturated heterocycles. The Morgan fingerprint density at radius 1 is 1.20 bits per heavy atom. The van der Waals surface area contributed by atoms with Crippen molar-refractivity contribution in [2.45, 2.75) is 33.2 Å². The number of nitrogens with zero attached hydrogens (tertiary/aromatic N) is 5. The quantitative estimate of drug-likeness (QED) is 0.555. The van der Waals surface area contributed by atoms with E-state index >= 15 is 0 Å². The van der Waals surface area contributed by atoms with Gasteiger partial charge in [0.1, 0.15) is 0 Å². The second kappa shape index (κ2) is 7.74. The summed E-state index contributed by atoms with van der Waals surface area (Å²) in [5, 5.41) is 12.7. The number of pyridine rings is 1. The highest BCUT2D eigenvalue weighted by molar-refractivity contribution is 6.07. The van der Waals surface area contributed by atoms with Crippen LogP contribution in [0.5, 0.6) is 0 Å². The number of hydrogen-bond acceptors (Lipinski definition) is 4. The Morgan fingerprint density at radius 3 is 2.63 bits per heavy atom. The highest BCUT2D eigenvalue weighted by Gasteiger charge is 2.18. The van der Waals surface area contributed by atoms with Crippen molar-refractivity contribution >= 4 is 16.8 Å². The fraction of sp³-hybridized carbons (Fsp3) is 0.304. The van der Waals surface area contributed by atoms with Crippen molar-refractivity contribution in [3.8, 4) is 11.3 Å². The van der Waals surface area contributed by atoms with Crippen molar-refractivity contribution in [3.05, 3.63) is 65.2 Å². The zero-order valence-corrected chi connectivity index (χ0v) is 18.0. The second-order valence-electron chi connectivity index (χ2n) is 7.83. The molecule has 4 rings (SSSR count). The molecule has 0 fully saturated rings. The topological polar surface area (TPSA) is 77.6 Å². The van der Waals surface area contributed by atoms with Gasteiger partial charge in [0.15, 0.2) is 0 Å². The largest absolute Gasteiger partial charge is 0.349 e. The molecule has 0 aliphatic rings. The molecule has 0 saturated carbocycles. The number of nitrogens with one attached hydrogen (secondary N) is 1. The van der Waals surface area contributed by atoms with E-state index in [1.54, 1.807) is 10.9 Å². The van der Waals surface area contributed by atoms with Crippen molar-refractivity contribution in [3.63, 3.8) is 0 Å². The van der Waals surface area contributed by atoms with Gasteiger partial charge < -0.3 is 5.32 Å². The number of para-hydroxylation sites is 1. The van der Waals surface area contributed by atoms with E-state index in [2.05, 4.69) is 22.4 Å². The molecule has 1 aromatic carbocycles. The van der Waals surface area contributed by atoms with Crippen LogP contribution >= 0.6 is 0 Å². The second-order valence-corrected chi connectivity index (χ2v) is 7.83. The van der Waals surface area contributed by atoms with Gasteiger partial charge >= 0.3 is 0 Å². The summed E-state index contributed by atoms with van der Waals surface area (Å²) in [6.45, 7) is 6.09. The van der Waals surface area contributed by atoms with E-state index in [9.17, 15) is 4.79 Å². The van der Waals surface area contributed by atoms with E-state index in [1.165, 1.54) is 5.56 Å². The Kier molecular flexibility index (Phi) is 5.11. The minimum absolute atomic E-state index is 0.0344. The predicted molar refractivity (Wildman–Crippen MR) is 117 cm³/mol. The zero-order chi connectivity index (χ0) is 21.4. The average Bonchev–Trinajstić information content (AvgIpc) is 3.25. The maximum atomic E-state index is 13.2. The minimum atomic E-state index is -0.106. The van der Waals surface area contributed by atoms with Crippen molar-refractivity contribution < 1.29 is 4.79 Å². The number of amides is 1. The number of carbonyl (C=O) groups is 1. The Hall–Kier alpha value is -3.48. The van der Waals surface area contributed by atoms with Crippen LogP contribution in [0, 0.1) is 13.8 Å². The number of aryl methyl sites for hydroxylation is 3. The molecule has 3 heterocycles. The predicted octanol–water partition coefficient (Wildman–Crippen LogP) is 3.35. The summed E-state index contributed by atoms with van der Waals surface area (Å²) in [6.07, 6.45) is 4.39. The monoisotopic (exact) mass is 402 g/mol. The first-order valence-corrected chi connectivity index (χ1v) is 10.0. The maximum Gasteiger partial charge on any atom is 0.252 e. The van der Waals surface area contributed by atoms with E-state index in [0.29, 0.717) is 5.56 Å². The van der Waals surface area contributed by atoms with Gasteiger partial charge in [-0.25, -0.2) is 4.98 Å². The van der Waals surface area contributed by atoms with Gasteiger partial charge in [0.2, 0.25) is 0 Å². The first-order chi connectivity index (χ1) is 14.3. The van der Waals surface area contributed by atoms with Gasteiger partial charge in [-0.3, -0.25) is 14.2 Å². The molecule has 7 heteroatoms. The number of carbonyl (C=O) groups excluding carboxylic acids is 1. The van der Waals surface area contributed by atoms with Gasteiger partial charge in [0.05, 0.1) is 28.7 Å². The van der Waals surface area contributed by atoms with Crippen LogP contribution in [0.25, 0.3) is 22.2 Å². The van der Waals surface area contributed by atoms with E-state index in [0.717, 1.165) is 40.0 Å². The van der Waals surface area contributed by atoms with Crippen LogP contribution in [-0.4, -0.2) is 36.5 Å². The van der Waals surface area contributed by atoms with Crippen molar-refractivity contribution in [2.75, 3.05) is 0 Å². The van der Waals surface area contributed by atoms with E-state index in [1.807, 2.05) is 69.2 Å². The lowest BCUT2D eigenvalue weighted by Crippen LogP contribution is -2.34. The molecule has 0 bridgehead atoms. The smallest absolute Gasteiger partial charge is 0.252 e. The number of hydrogen-bond donors (Lipinski definition) is 1. The first-order valence-electron chi connectivity index (χ1n) is 10.0. The molecule has 7 nitrogen and oxygen atoms in total. The molecule has 154 valence electrons. The summed E-state index contributed by atoms with van der Waals surface area (Å²) in [6, 6.07) is 9.54. The third-order valence-corrected chi connectivity index (χ3v) is 5.51. The Labute approximate surface area is 175 Å². The molecule has 30 heavy (non-hydrogen) atoms. The first kappa shape index (κ1) is 19.8. The molecule has 1 unspecified atom stereocenters. The van der Waals surface area contributed by atoms with Crippen molar-refractivity contribution in [1.29, 1.82) is 0 Å². The SMILES string of the molecule is Cc1nn(C)c(C)c1CC(C)NC(=O)c1cc(-c2cnn(C)c2)nc2ccccc12. The molecule has 0 spiro atoms. The standard InChI is InChI=1S/C23H26N6O/c1-14(10-19-15(2)27-29(5)16(19)3)25-23(30)20-11-22(17-12-24-28(4)13-17)26-21-9-7-6-8-18(20)21/h6-9,11-14H,10H2,1-5H3,(H,25,30). The third-order valence-electron chi connectivity index (χ3n) is 5.51. The van der Waals surface area contributed by atoms with Crippen LogP contribution in [0.4, 0.5) is 0 Å². The van der Waals surface area contributed by atoms with Gasteiger partial charge in [0, 0.05) is 43.0 Å². The molecule has 0 aliphatic carbocycles. The summed E-state index contributed by atoms with van der Waals surface area (Å²) in [5.41, 5.74) is 6.33. The molecule has 3 aromatic heterocycles. The lowest BCUT2D eigenvalue weighted by molar-refractivity contribution is 0.0941. The Balaban J connectivity index is 1.65. The lowest BCUT2D eigenvalue weighted by atomic mass is 10.0. The fourth-order valence-corrected chi connectivity index (χ4v) is 3.84. The number of aromatic nitrogens is 5. The molecular formula is C23H26N6O. The molecular weight excluding hydrogens is 376 g/mol. The van der Waals surface area contributed by atoms with Gasteiger partial charge in [-0.15, -0.1) is 0 Å². The van der Waals surface area contributed by atoms with Crippen LogP contribution in [-0.2, 0) is 20.5 Å². The van der Waals surface area contributed by atoms with E-state index in [4.69, 9.17) is 4.98 Å². The van der Waals surface area contributed by atoms with Gasteiger partial charge in [0.25, 0.3) is 5.91 Å². The summed E-state index contributed by atoms with van der Waals surface area (Å²) < 4.78 is 3.61. The minimum Gasteiger partial charge on any atom is -0.349 e. The van der Waals surface area contributed by atoms with Crippen molar-refractivity contribution in [1.82, 2.24) is 29.9 Å². The summed E-state index contributed by atoms with van der Waals surface area (Å²) in [5.74, 6) is -0.106. The summed E-state index contributed by atoms with van der Waals surface area (Å²) in [4.78, 5) is 18.0. The van der Waals surface area contributed by atoms with Crippen molar-refractivity contribution in [2.24, 2.45) is 14.1 Å². The molecule has 1 N–H and O–H groups in total. The summed E-state index contributed by atoms with van der Waals surface area (Å²) >= 11 is 0. The number of fused-ring (bicyclic) bond motifs is 1. The molecule has 0 aliphatic heterocycles. The maximum absolute atomic E-state index is 13.2. The highest BCUT2D eigenvalue weighted by Crippen LogP contribution is 2.25. The zero-order valence-electron chi connectivity index (χ0n) is 18.0. The molecule has 1 atom stereocenters. The normalized spacial score (nSPS) is 12.3. The highest BCUT2D eigenvalue weighted by atomic mass is 16.1. The molecule has 1 amide bonds. The van der Waals surface area contributed by atoms with Crippen LogP contribution in [0.2, 0.25) is 0 Å². The summed E-state index contributed by atoms with van der Waals surface area (Å²) in [7, 11) is 3.81. The number of rotatable bonds is 5. The Morgan fingerprint density at radius 2 is 1.97 bits per heavy atom. The van der Waals surface area contributed by atoms with E-state index < -0.39 is 0 Å². The molecule has 0 radical (unpaired) electrons. The van der Waals surface area contributed by atoms with Gasteiger partial charge in [-0.05, 0) is 44.9 Å². The molecule has 4 aromatic rings. The third kappa shape index (κ3) is 3.70. The number of benzene rings is 1. The van der Waals surface area contributed by atoms with Crippen LogP contribution in [0.1, 0.15) is 34.2 Å². The van der Waals surface area contributed by atoms with E-state index in [-0.39, 0.29) is 11.9 Å². The van der Waals surface area contributed by atoms with Crippen LogP contribution in [0.3, 0.4) is 0 Å². The average molecular weight is 403 g/mol.